The number of fused-ring (bicyclic) bond motifs is 5. The molecule has 3 saturated carbocycles. The topological polar surface area (TPSA) is 105 Å². The van der Waals surface area contributed by atoms with E-state index in [1.54, 1.807) is 0 Å². The Bertz CT molecular complexity index is 1270. The Kier molecular flexibility index (Phi) is 19.6. The van der Waals surface area contributed by atoms with E-state index in [0.29, 0.717) is 17.8 Å². The van der Waals surface area contributed by atoms with Crippen LogP contribution in [0.4, 0.5) is 0 Å². The van der Waals surface area contributed by atoms with E-state index >= 15 is 0 Å². The van der Waals surface area contributed by atoms with Crippen LogP contribution in [-0.2, 0) is 19.0 Å². The Morgan fingerprint density at radius 1 is 0.763 bits per heavy atom. The maximum atomic E-state index is 12.6. The van der Waals surface area contributed by atoms with Crippen molar-refractivity contribution in [1.29, 1.82) is 0 Å². The molecule has 0 aromatic rings. The first kappa shape index (κ1) is 49.0. The molecule has 4 fully saturated rings. The molecule has 0 aromatic heterocycles. The van der Waals surface area contributed by atoms with Gasteiger partial charge < -0.3 is 29.5 Å². The number of ether oxygens (including phenoxy) is 3. The third kappa shape index (κ3) is 12.8. The lowest BCUT2D eigenvalue weighted by atomic mass is 9.47. The van der Waals surface area contributed by atoms with Crippen LogP contribution in [0.25, 0.3) is 0 Å². The van der Waals surface area contributed by atoms with Gasteiger partial charge in [-0.15, -0.1) is 0 Å². The minimum atomic E-state index is -1.44. The van der Waals surface area contributed by atoms with E-state index in [2.05, 4.69) is 54.5 Å². The van der Waals surface area contributed by atoms with Crippen LogP contribution >= 0.6 is 0 Å². The van der Waals surface area contributed by atoms with Crippen LogP contribution < -0.4 is 0 Å². The zero-order valence-corrected chi connectivity index (χ0v) is 39.1. The van der Waals surface area contributed by atoms with Crippen LogP contribution in [0.5, 0.6) is 0 Å². The largest absolute Gasteiger partial charge is 0.463 e. The van der Waals surface area contributed by atoms with Crippen molar-refractivity contribution in [3.05, 3.63) is 11.6 Å². The predicted molar refractivity (Wildman–Crippen MR) is 240 cm³/mol. The molecule has 0 spiro atoms. The number of esters is 1. The maximum absolute atomic E-state index is 12.6. The summed E-state index contributed by atoms with van der Waals surface area (Å²) < 4.78 is 18.0. The first-order valence-electron chi connectivity index (χ1n) is 25.5. The second-order valence-corrected chi connectivity index (χ2v) is 21.7. The molecule has 7 nitrogen and oxygen atoms in total. The summed E-state index contributed by atoms with van der Waals surface area (Å²) in [5.74, 6) is 5.17. The zero-order valence-electron chi connectivity index (χ0n) is 39.1. The van der Waals surface area contributed by atoms with Gasteiger partial charge in [-0.25, -0.2) is 0 Å². The van der Waals surface area contributed by atoms with Crippen molar-refractivity contribution in [3.8, 4) is 0 Å². The fraction of sp³-hybridized carbons (Fsp3) is 0.942. The van der Waals surface area contributed by atoms with Gasteiger partial charge in [-0.2, -0.15) is 0 Å². The second kappa shape index (κ2) is 23.6. The van der Waals surface area contributed by atoms with Crippen molar-refractivity contribution < 1.29 is 34.3 Å². The number of hydrogen-bond donors (Lipinski definition) is 3. The average molecular weight is 829 g/mol. The van der Waals surface area contributed by atoms with Crippen LogP contribution in [0.1, 0.15) is 215 Å². The van der Waals surface area contributed by atoms with Crippen molar-refractivity contribution >= 4 is 5.97 Å². The van der Waals surface area contributed by atoms with Crippen molar-refractivity contribution in [2.75, 3.05) is 6.61 Å². The first-order valence-corrected chi connectivity index (χ1v) is 25.5. The van der Waals surface area contributed by atoms with Gasteiger partial charge in [0.2, 0.25) is 0 Å². The highest BCUT2D eigenvalue weighted by molar-refractivity contribution is 5.69. The molecule has 0 radical (unpaired) electrons. The number of carbonyl (C=O) groups excluding carboxylic acids is 1. The molecule has 1 saturated heterocycles. The van der Waals surface area contributed by atoms with E-state index < -0.39 is 30.7 Å². The fourth-order valence-corrected chi connectivity index (χ4v) is 13.0. The van der Waals surface area contributed by atoms with Gasteiger partial charge in [0.25, 0.3) is 0 Å². The number of carbonyl (C=O) groups is 1. The summed E-state index contributed by atoms with van der Waals surface area (Å²) in [5.41, 5.74) is 2.13. The lowest BCUT2D eigenvalue weighted by Gasteiger charge is -2.58. The molecule has 1 aliphatic heterocycles. The van der Waals surface area contributed by atoms with Crippen molar-refractivity contribution in [2.45, 2.75) is 252 Å². The SMILES string of the molecule is CCCCCCCCCCCCCCCCCC(=O)OC[C@H]1O[C@@H](O[C@H]2CC[C@@]3(C)C(=CC[C@H]4[C@@H]5CC[C@H]([C@H](C)CC[C@@H](C)C(C)C)[C@@]5(C)CC[C@@H]43)C2)[C@H](O)[C@@H](O)[C@@H]1O. The summed E-state index contributed by atoms with van der Waals surface area (Å²) in [7, 11) is 0. The van der Waals surface area contributed by atoms with Crippen LogP contribution in [0, 0.1) is 52.3 Å². The van der Waals surface area contributed by atoms with Crippen LogP contribution in [0.3, 0.4) is 0 Å². The molecule has 0 amide bonds. The summed E-state index contributed by atoms with van der Waals surface area (Å²) in [6, 6.07) is 0. The number of hydrogen-bond acceptors (Lipinski definition) is 7. The molecule has 59 heavy (non-hydrogen) atoms. The van der Waals surface area contributed by atoms with Crippen molar-refractivity contribution in [1.82, 2.24) is 0 Å². The summed E-state index contributed by atoms with van der Waals surface area (Å²) in [6.45, 7) is 17.0. The molecule has 14 atom stereocenters. The monoisotopic (exact) mass is 829 g/mol. The molecule has 342 valence electrons. The Balaban J connectivity index is 1.01. The molecule has 3 N–H and O–H groups in total. The van der Waals surface area contributed by atoms with E-state index in [1.165, 1.54) is 121 Å². The third-order valence-corrected chi connectivity index (χ3v) is 17.4. The van der Waals surface area contributed by atoms with Gasteiger partial charge in [0.15, 0.2) is 6.29 Å². The Morgan fingerprint density at radius 2 is 1.39 bits per heavy atom. The molecular formula is C52H92O7. The highest BCUT2D eigenvalue weighted by Crippen LogP contribution is 2.67. The van der Waals surface area contributed by atoms with E-state index in [9.17, 15) is 20.1 Å². The highest BCUT2D eigenvalue weighted by Gasteiger charge is 2.59. The quantitative estimate of drug-likeness (QED) is 0.0478. The standard InChI is InChI=1S/C52H92O7/c1-8-9-10-11-12-13-14-15-16-17-18-19-20-21-22-23-46(53)57-35-45-47(54)48(55)49(56)50(59-45)58-40-30-32-51(6)39(34-40)26-27-41-43-29-28-42(52(43,7)33-31-44(41)51)38(5)25-24-37(4)36(2)3/h26,36-38,40-45,47-50,54-56H,8-25,27-35H2,1-7H3/t37-,38-,40+,41+,42-,43+,44+,45-,47-,48+,49-,50-,51+,52-/m1/s1. The lowest BCUT2D eigenvalue weighted by molar-refractivity contribution is -0.313. The van der Waals surface area contributed by atoms with Gasteiger partial charge in [0, 0.05) is 6.42 Å². The molecule has 0 aromatic carbocycles. The molecule has 5 rings (SSSR count). The van der Waals surface area contributed by atoms with E-state index in [1.807, 2.05) is 0 Å². The molecular weight excluding hydrogens is 737 g/mol. The zero-order chi connectivity index (χ0) is 42.6. The number of rotatable bonds is 25. The Labute approximate surface area is 362 Å². The average Bonchev–Trinajstić information content (AvgIpc) is 3.58. The molecule has 4 aliphatic carbocycles. The minimum Gasteiger partial charge on any atom is -0.463 e. The van der Waals surface area contributed by atoms with Gasteiger partial charge in [-0.3, -0.25) is 4.79 Å². The van der Waals surface area contributed by atoms with Crippen LogP contribution in [0.2, 0.25) is 0 Å². The number of unbranched alkanes of at least 4 members (excludes halogenated alkanes) is 14. The number of aliphatic hydroxyl groups excluding tert-OH is 3. The lowest BCUT2D eigenvalue weighted by Crippen LogP contribution is -2.60. The van der Waals surface area contributed by atoms with E-state index in [4.69, 9.17) is 14.2 Å². The minimum absolute atomic E-state index is 0.139. The van der Waals surface area contributed by atoms with Crippen LogP contribution in [0.15, 0.2) is 11.6 Å². The smallest absolute Gasteiger partial charge is 0.305 e. The first-order chi connectivity index (χ1) is 28.3. The second-order valence-electron chi connectivity index (χ2n) is 21.7. The molecule has 5 aliphatic rings. The van der Waals surface area contributed by atoms with Gasteiger partial charge in [-0.05, 0) is 110 Å². The number of allylic oxidation sites excluding steroid dienone is 1. The van der Waals surface area contributed by atoms with E-state index in [-0.39, 0.29) is 24.1 Å². The highest BCUT2D eigenvalue weighted by atomic mass is 16.7. The maximum Gasteiger partial charge on any atom is 0.305 e. The summed E-state index contributed by atoms with van der Waals surface area (Å²) >= 11 is 0. The molecule has 0 unspecified atom stereocenters. The van der Waals surface area contributed by atoms with Gasteiger partial charge >= 0.3 is 5.97 Å². The normalized spacial score (nSPS) is 36.7. The van der Waals surface area contributed by atoms with Crippen LogP contribution in [-0.4, -0.2) is 64.7 Å². The van der Waals surface area contributed by atoms with E-state index in [0.717, 1.165) is 80.5 Å². The van der Waals surface area contributed by atoms with Crippen molar-refractivity contribution in [3.63, 3.8) is 0 Å². The summed E-state index contributed by atoms with van der Waals surface area (Å²) in [5, 5.41) is 32.5. The molecule has 1 heterocycles. The summed E-state index contributed by atoms with van der Waals surface area (Å²) in [6.07, 6.45) is 27.7. The van der Waals surface area contributed by atoms with Crippen molar-refractivity contribution in [2.24, 2.45) is 52.3 Å². The Hall–Kier alpha value is -0.990. The Morgan fingerprint density at radius 3 is 2.02 bits per heavy atom. The molecule has 7 heteroatoms. The van der Waals surface area contributed by atoms with Gasteiger partial charge in [-0.1, -0.05) is 163 Å². The summed E-state index contributed by atoms with van der Waals surface area (Å²) in [4.78, 5) is 12.6. The van der Waals surface area contributed by atoms with Gasteiger partial charge in [0.05, 0.1) is 6.10 Å². The fourth-order valence-electron chi connectivity index (χ4n) is 13.0. The molecule has 0 bridgehead atoms. The number of aliphatic hydroxyl groups is 3. The predicted octanol–water partition coefficient (Wildman–Crippen LogP) is 12.3. The van der Waals surface area contributed by atoms with Gasteiger partial charge in [0.1, 0.15) is 31.0 Å². The third-order valence-electron chi connectivity index (χ3n) is 17.4.